The lowest BCUT2D eigenvalue weighted by Crippen LogP contribution is -2.54. The molecule has 0 aliphatic heterocycles. The van der Waals surface area contributed by atoms with Crippen LogP contribution in [0.4, 0.5) is 5.69 Å². The van der Waals surface area contributed by atoms with E-state index in [-0.39, 0.29) is 11.5 Å². The summed E-state index contributed by atoms with van der Waals surface area (Å²) in [6, 6.07) is 12.9. The summed E-state index contributed by atoms with van der Waals surface area (Å²) >= 11 is 0. The summed E-state index contributed by atoms with van der Waals surface area (Å²) in [5.41, 5.74) is 1.76. The number of rotatable bonds is 8. The highest BCUT2D eigenvalue weighted by atomic mass is 28.4. The molecule has 160 valence electrons. The number of aromatic carboxylic acids is 1. The Kier molecular flexibility index (Phi) is 6.87. The molecule has 0 spiro atoms. The van der Waals surface area contributed by atoms with Gasteiger partial charge in [0.05, 0.1) is 17.0 Å². The molecule has 9 nitrogen and oxygen atoms in total. The van der Waals surface area contributed by atoms with Gasteiger partial charge in [0.15, 0.2) is 0 Å². The van der Waals surface area contributed by atoms with E-state index >= 15 is 0 Å². The molecule has 0 atom stereocenters. The molecule has 0 unspecified atom stereocenters. The van der Waals surface area contributed by atoms with E-state index in [0.29, 0.717) is 22.6 Å². The normalized spacial score (nSPS) is 11.2. The highest BCUT2D eigenvalue weighted by Gasteiger charge is 2.40. The summed E-state index contributed by atoms with van der Waals surface area (Å²) in [6.07, 6.45) is 2.86. The minimum absolute atomic E-state index is 0.0875. The predicted molar refractivity (Wildman–Crippen MR) is 115 cm³/mol. The van der Waals surface area contributed by atoms with Crippen molar-refractivity contribution in [3.63, 3.8) is 0 Å². The third-order valence-corrected chi connectivity index (χ3v) is 7.25. The van der Waals surface area contributed by atoms with Crippen LogP contribution < -0.4 is 10.5 Å². The summed E-state index contributed by atoms with van der Waals surface area (Å²) < 4.78 is 16.3. The van der Waals surface area contributed by atoms with Gasteiger partial charge in [-0.25, -0.2) is 4.79 Å². The van der Waals surface area contributed by atoms with Gasteiger partial charge in [-0.05, 0) is 36.4 Å². The molecule has 31 heavy (non-hydrogen) atoms. The molecule has 0 saturated heterocycles. The van der Waals surface area contributed by atoms with E-state index in [0.717, 1.165) is 5.19 Å². The SMILES string of the molecule is CO[Si](OC)(OC)c1ccc(NC(=O)c2ccnc(-c3cc(C(=O)O)ccn3)c2)cc1. The smallest absolute Gasteiger partial charge is 0.478 e. The molecule has 0 aliphatic carbocycles. The first-order valence-electron chi connectivity index (χ1n) is 9.15. The summed E-state index contributed by atoms with van der Waals surface area (Å²) in [5.74, 6) is -1.41. The van der Waals surface area contributed by atoms with Crippen LogP contribution in [0.1, 0.15) is 20.7 Å². The van der Waals surface area contributed by atoms with Crippen LogP contribution in [0, 0.1) is 0 Å². The zero-order chi connectivity index (χ0) is 22.4. The number of anilines is 1. The molecule has 0 aliphatic rings. The van der Waals surface area contributed by atoms with Gasteiger partial charge in [-0.15, -0.1) is 0 Å². The number of carboxylic acids is 1. The van der Waals surface area contributed by atoms with E-state index in [1.54, 1.807) is 36.4 Å². The van der Waals surface area contributed by atoms with E-state index in [2.05, 4.69) is 15.3 Å². The minimum atomic E-state index is -2.95. The molecule has 0 fully saturated rings. The van der Waals surface area contributed by atoms with Gasteiger partial charge in [0.1, 0.15) is 0 Å². The van der Waals surface area contributed by atoms with Crippen molar-refractivity contribution < 1.29 is 28.0 Å². The fourth-order valence-corrected chi connectivity index (χ4v) is 4.76. The van der Waals surface area contributed by atoms with Crippen molar-refractivity contribution in [3.05, 3.63) is 72.1 Å². The van der Waals surface area contributed by atoms with E-state index < -0.39 is 14.8 Å². The fourth-order valence-electron chi connectivity index (χ4n) is 2.98. The van der Waals surface area contributed by atoms with E-state index in [1.165, 1.54) is 45.9 Å². The summed E-state index contributed by atoms with van der Waals surface area (Å²) in [5, 5.41) is 12.7. The van der Waals surface area contributed by atoms with Crippen molar-refractivity contribution in [2.75, 3.05) is 26.6 Å². The van der Waals surface area contributed by atoms with Crippen molar-refractivity contribution in [1.29, 1.82) is 0 Å². The topological polar surface area (TPSA) is 120 Å². The second-order valence-corrected chi connectivity index (χ2v) is 9.28. The number of nitrogens with zero attached hydrogens (tertiary/aromatic N) is 2. The van der Waals surface area contributed by atoms with Crippen molar-refractivity contribution >= 4 is 31.6 Å². The van der Waals surface area contributed by atoms with Gasteiger partial charge in [-0.2, -0.15) is 0 Å². The monoisotopic (exact) mass is 439 g/mol. The van der Waals surface area contributed by atoms with Crippen LogP contribution in [0.3, 0.4) is 0 Å². The Balaban J connectivity index is 1.79. The molecule has 0 radical (unpaired) electrons. The molecule has 1 aromatic carbocycles. The summed E-state index contributed by atoms with van der Waals surface area (Å²) in [4.78, 5) is 32.2. The Labute approximate surface area is 180 Å². The highest BCUT2D eigenvalue weighted by molar-refractivity contribution is 6.75. The summed E-state index contributed by atoms with van der Waals surface area (Å²) in [6.45, 7) is 0. The molecule has 1 amide bonds. The van der Waals surface area contributed by atoms with Gasteiger partial charge < -0.3 is 23.7 Å². The molecule has 2 heterocycles. The lowest BCUT2D eigenvalue weighted by molar-refractivity contribution is 0.0696. The van der Waals surface area contributed by atoms with Gasteiger partial charge in [0, 0.05) is 50.2 Å². The number of hydrogen-bond donors (Lipinski definition) is 2. The number of amides is 1. The second kappa shape index (κ2) is 9.58. The van der Waals surface area contributed by atoms with Crippen LogP contribution in [-0.2, 0) is 13.3 Å². The number of hydrogen-bond acceptors (Lipinski definition) is 7. The number of benzene rings is 1. The highest BCUT2D eigenvalue weighted by Crippen LogP contribution is 2.18. The van der Waals surface area contributed by atoms with Crippen molar-refractivity contribution in [1.82, 2.24) is 9.97 Å². The van der Waals surface area contributed by atoms with Gasteiger partial charge >= 0.3 is 14.8 Å². The largest absolute Gasteiger partial charge is 0.536 e. The average Bonchev–Trinajstić information content (AvgIpc) is 2.81. The Bertz CT molecular complexity index is 1080. The zero-order valence-electron chi connectivity index (χ0n) is 17.2. The maximum Gasteiger partial charge on any atom is 0.536 e. The first-order chi connectivity index (χ1) is 14.9. The Morgan fingerprint density at radius 1 is 0.839 bits per heavy atom. The first kappa shape index (κ1) is 22.2. The molecular weight excluding hydrogens is 418 g/mol. The van der Waals surface area contributed by atoms with Crippen LogP contribution in [-0.4, -0.2) is 57.1 Å². The van der Waals surface area contributed by atoms with Crippen LogP contribution in [0.2, 0.25) is 0 Å². The van der Waals surface area contributed by atoms with Gasteiger partial charge in [-0.1, -0.05) is 12.1 Å². The Hall–Kier alpha value is -3.44. The number of pyridine rings is 2. The maximum absolute atomic E-state index is 12.7. The predicted octanol–water partition coefficient (Wildman–Crippen LogP) is 2.18. The Morgan fingerprint density at radius 2 is 1.35 bits per heavy atom. The number of carboxylic acid groups (broad SMARTS) is 1. The maximum atomic E-state index is 12.7. The van der Waals surface area contributed by atoms with E-state index in [4.69, 9.17) is 18.4 Å². The standard InChI is InChI=1S/C21H21N3O6Si/c1-28-31(29-2,30-3)17-6-4-16(5-7-17)24-20(25)14-8-10-22-18(12-14)19-13-15(21(26)27)9-11-23-19/h4-13H,1-3H3,(H,24,25)(H,26,27). The molecule has 0 saturated carbocycles. The number of nitrogens with one attached hydrogen (secondary N) is 1. The van der Waals surface area contributed by atoms with Crippen molar-refractivity contribution in [2.45, 2.75) is 0 Å². The van der Waals surface area contributed by atoms with Gasteiger partial charge in [0.25, 0.3) is 5.91 Å². The third kappa shape index (κ3) is 4.83. The lowest BCUT2D eigenvalue weighted by Gasteiger charge is -2.24. The molecule has 2 aromatic heterocycles. The van der Waals surface area contributed by atoms with Crippen molar-refractivity contribution in [2.24, 2.45) is 0 Å². The van der Waals surface area contributed by atoms with Gasteiger partial charge in [-0.3, -0.25) is 14.8 Å². The lowest BCUT2D eigenvalue weighted by atomic mass is 10.1. The first-order valence-corrected chi connectivity index (χ1v) is 10.9. The molecular formula is C21H21N3O6Si. The number of carbonyl (C=O) groups is 2. The van der Waals surface area contributed by atoms with Crippen LogP contribution >= 0.6 is 0 Å². The van der Waals surface area contributed by atoms with Crippen LogP contribution in [0.15, 0.2) is 60.9 Å². The minimum Gasteiger partial charge on any atom is -0.478 e. The zero-order valence-corrected chi connectivity index (χ0v) is 18.2. The molecule has 10 heteroatoms. The van der Waals surface area contributed by atoms with Gasteiger partial charge in [0.2, 0.25) is 0 Å². The number of carbonyl (C=O) groups excluding carboxylic acids is 1. The molecule has 2 N–H and O–H groups in total. The van der Waals surface area contributed by atoms with Crippen LogP contribution in [0.25, 0.3) is 11.4 Å². The Morgan fingerprint density at radius 3 is 1.87 bits per heavy atom. The number of aromatic nitrogens is 2. The second-order valence-electron chi connectivity index (χ2n) is 6.36. The van der Waals surface area contributed by atoms with E-state index in [1.807, 2.05) is 0 Å². The van der Waals surface area contributed by atoms with Crippen LogP contribution in [0.5, 0.6) is 0 Å². The van der Waals surface area contributed by atoms with E-state index in [9.17, 15) is 9.59 Å². The summed E-state index contributed by atoms with van der Waals surface area (Å²) in [7, 11) is 1.63. The molecule has 0 bridgehead atoms. The van der Waals surface area contributed by atoms with Crippen molar-refractivity contribution in [3.8, 4) is 11.4 Å². The molecule has 3 aromatic rings. The third-order valence-electron chi connectivity index (χ3n) is 4.59. The fraction of sp³-hybridized carbons (Fsp3) is 0.143. The quantitative estimate of drug-likeness (QED) is 0.513. The molecule has 3 rings (SSSR count). The average molecular weight is 440 g/mol.